The van der Waals surface area contributed by atoms with E-state index in [-0.39, 0.29) is 18.4 Å². The summed E-state index contributed by atoms with van der Waals surface area (Å²) in [7, 11) is 0. The van der Waals surface area contributed by atoms with Gasteiger partial charge in [-0.25, -0.2) is 0 Å². The van der Waals surface area contributed by atoms with E-state index in [9.17, 15) is 9.59 Å². The molecule has 1 N–H and O–H groups in total. The number of carbonyl (C=O) groups is 2. The molecular formula is C25H35N3O2. The van der Waals surface area contributed by atoms with Crippen molar-refractivity contribution >= 4 is 17.5 Å². The molecule has 0 radical (unpaired) electrons. The molecule has 0 saturated heterocycles. The average Bonchev–Trinajstić information content (AvgIpc) is 2.73. The van der Waals surface area contributed by atoms with Crippen LogP contribution in [0.1, 0.15) is 47.3 Å². The first-order chi connectivity index (χ1) is 14.3. The first kappa shape index (κ1) is 23.6. The van der Waals surface area contributed by atoms with E-state index in [0.29, 0.717) is 12.1 Å². The van der Waals surface area contributed by atoms with Crippen LogP contribution in [0.25, 0.3) is 0 Å². The van der Waals surface area contributed by atoms with Gasteiger partial charge in [-0.2, -0.15) is 0 Å². The van der Waals surface area contributed by atoms with Crippen LogP contribution in [0.2, 0.25) is 0 Å². The third kappa shape index (κ3) is 6.70. The van der Waals surface area contributed by atoms with Crippen LogP contribution in [0.4, 0.5) is 5.69 Å². The lowest BCUT2D eigenvalue weighted by Crippen LogP contribution is -2.40. The van der Waals surface area contributed by atoms with E-state index >= 15 is 0 Å². The predicted octanol–water partition coefficient (Wildman–Crippen LogP) is 4.42. The van der Waals surface area contributed by atoms with E-state index in [2.05, 4.69) is 36.2 Å². The molecule has 2 aromatic rings. The normalized spacial score (nSPS) is 10.9. The number of amides is 2. The molecule has 0 fully saturated rings. The van der Waals surface area contributed by atoms with E-state index < -0.39 is 0 Å². The predicted molar refractivity (Wildman–Crippen MR) is 124 cm³/mol. The Labute approximate surface area is 181 Å². The lowest BCUT2D eigenvalue weighted by Gasteiger charge is -2.25. The van der Waals surface area contributed by atoms with E-state index in [0.717, 1.165) is 42.9 Å². The lowest BCUT2D eigenvalue weighted by molar-refractivity contribution is -0.116. The molecule has 2 amide bonds. The Hall–Kier alpha value is -2.66. The van der Waals surface area contributed by atoms with E-state index in [1.54, 1.807) is 17.0 Å². The second-order valence-electron chi connectivity index (χ2n) is 7.80. The lowest BCUT2D eigenvalue weighted by atomic mass is 10.1. The van der Waals surface area contributed by atoms with Gasteiger partial charge in [0, 0.05) is 17.8 Å². The number of aryl methyl sites for hydroxylation is 3. The maximum atomic E-state index is 13.1. The highest BCUT2D eigenvalue weighted by atomic mass is 16.2. The van der Waals surface area contributed by atoms with Gasteiger partial charge < -0.3 is 15.1 Å². The van der Waals surface area contributed by atoms with Gasteiger partial charge in [0.15, 0.2) is 0 Å². The van der Waals surface area contributed by atoms with Crippen molar-refractivity contribution in [3.8, 4) is 0 Å². The molecule has 0 aliphatic carbocycles. The molecule has 162 valence electrons. The van der Waals surface area contributed by atoms with E-state index in [4.69, 9.17) is 0 Å². The van der Waals surface area contributed by atoms with Gasteiger partial charge in [0.05, 0.1) is 0 Å². The first-order valence-corrected chi connectivity index (χ1v) is 10.8. The molecular weight excluding hydrogens is 374 g/mol. The number of nitrogens with zero attached hydrogens (tertiary/aromatic N) is 2. The molecule has 0 aliphatic rings. The maximum Gasteiger partial charge on any atom is 0.254 e. The monoisotopic (exact) mass is 409 g/mol. The number of carbonyl (C=O) groups excluding carboxylic acids is 2. The fourth-order valence-corrected chi connectivity index (χ4v) is 3.77. The fourth-order valence-electron chi connectivity index (χ4n) is 3.77. The molecule has 0 spiro atoms. The van der Waals surface area contributed by atoms with Crippen molar-refractivity contribution in [3.05, 3.63) is 64.7 Å². The molecule has 0 unspecified atom stereocenters. The minimum Gasteiger partial charge on any atom is -0.329 e. The van der Waals surface area contributed by atoms with E-state index in [1.807, 2.05) is 39.0 Å². The average molecular weight is 410 g/mol. The van der Waals surface area contributed by atoms with Crippen molar-refractivity contribution in [2.24, 2.45) is 0 Å². The minimum atomic E-state index is -0.169. The second kappa shape index (κ2) is 11.5. The Morgan fingerprint density at radius 3 is 2.07 bits per heavy atom. The van der Waals surface area contributed by atoms with Crippen molar-refractivity contribution in [2.75, 3.05) is 38.0 Å². The molecule has 0 bridgehead atoms. The zero-order valence-corrected chi connectivity index (χ0v) is 19.0. The largest absolute Gasteiger partial charge is 0.329 e. The van der Waals surface area contributed by atoms with Crippen molar-refractivity contribution < 1.29 is 9.59 Å². The minimum absolute atomic E-state index is 0.0404. The summed E-state index contributed by atoms with van der Waals surface area (Å²) in [5.41, 5.74) is 4.67. The van der Waals surface area contributed by atoms with Gasteiger partial charge in [-0.1, -0.05) is 49.7 Å². The van der Waals surface area contributed by atoms with Crippen LogP contribution in [-0.4, -0.2) is 54.3 Å². The molecule has 2 rings (SSSR count). The molecule has 0 atom stereocenters. The SMILES string of the molecule is CCN(CC)CCCN(CC(=O)Nc1c(C)cc(C)cc1C)C(=O)c1ccccc1. The van der Waals surface area contributed by atoms with Crippen LogP contribution in [0, 0.1) is 20.8 Å². The van der Waals surface area contributed by atoms with Gasteiger partial charge in [0.25, 0.3) is 5.91 Å². The molecule has 0 aromatic heterocycles. The van der Waals surface area contributed by atoms with Gasteiger partial charge in [-0.05, 0) is 70.1 Å². The van der Waals surface area contributed by atoms with Crippen molar-refractivity contribution in [1.29, 1.82) is 0 Å². The smallest absolute Gasteiger partial charge is 0.254 e. The standard InChI is InChI=1S/C25H35N3O2/c1-6-27(7-2)14-11-15-28(25(30)22-12-9-8-10-13-22)18-23(29)26-24-20(4)16-19(3)17-21(24)5/h8-10,12-13,16-17H,6-7,11,14-15,18H2,1-5H3,(H,26,29). The molecule has 5 nitrogen and oxygen atoms in total. The number of rotatable bonds is 10. The molecule has 0 heterocycles. The Kier molecular flexibility index (Phi) is 9.06. The highest BCUT2D eigenvalue weighted by molar-refractivity contribution is 5.99. The first-order valence-electron chi connectivity index (χ1n) is 10.8. The van der Waals surface area contributed by atoms with Crippen LogP contribution >= 0.6 is 0 Å². The third-order valence-electron chi connectivity index (χ3n) is 5.38. The zero-order valence-electron chi connectivity index (χ0n) is 19.0. The molecule has 30 heavy (non-hydrogen) atoms. The van der Waals surface area contributed by atoms with Gasteiger partial charge in [-0.15, -0.1) is 0 Å². The summed E-state index contributed by atoms with van der Waals surface area (Å²) in [6.07, 6.45) is 0.829. The highest BCUT2D eigenvalue weighted by Gasteiger charge is 2.19. The summed E-state index contributed by atoms with van der Waals surface area (Å²) >= 11 is 0. The quantitative estimate of drug-likeness (QED) is 0.632. The number of nitrogens with one attached hydrogen (secondary N) is 1. The highest BCUT2D eigenvalue weighted by Crippen LogP contribution is 2.22. The van der Waals surface area contributed by atoms with Gasteiger partial charge in [-0.3, -0.25) is 9.59 Å². The van der Waals surface area contributed by atoms with Crippen LogP contribution in [0.3, 0.4) is 0 Å². The summed E-state index contributed by atoms with van der Waals surface area (Å²) in [4.78, 5) is 29.9. The van der Waals surface area contributed by atoms with Gasteiger partial charge in [0.2, 0.25) is 5.91 Å². The van der Waals surface area contributed by atoms with Gasteiger partial charge >= 0.3 is 0 Å². The Balaban J connectivity index is 2.11. The number of benzene rings is 2. The van der Waals surface area contributed by atoms with Crippen LogP contribution in [-0.2, 0) is 4.79 Å². The fraction of sp³-hybridized carbons (Fsp3) is 0.440. The Bertz CT molecular complexity index is 822. The summed E-state index contributed by atoms with van der Waals surface area (Å²) in [5, 5.41) is 3.02. The molecule has 0 aliphatic heterocycles. The Morgan fingerprint density at radius 2 is 1.50 bits per heavy atom. The maximum absolute atomic E-state index is 13.1. The van der Waals surface area contributed by atoms with Crippen LogP contribution < -0.4 is 5.32 Å². The summed E-state index contributed by atoms with van der Waals surface area (Å²) in [5.74, 6) is -0.278. The number of hydrogen-bond donors (Lipinski definition) is 1. The van der Waals surface area contributed by atoms with Crippen molar-refractivity contribution in [3.63, 3.8) is 0 Å². The molecule has 2 aromatic carbocycles. The van der Waals surface area contributed by atoms with Gasteiger partial charge in [0.1, 0.15) is 6.54 Å². The number of anilines is 1. The number of hydrogen-bond acceptors (Lipinski definition) is 3. The van der Waals surface area contributed by atoms with Crippen LogP contribution in [0.5, 0.6) is 0 Å². The van der Waals surface area contributed by atoms with Crippen molar-refractivity contribution in [2.45, 2.75) is 41.0 Å². The second-order valence-corrected chi connectivity index (χ2v) is 7.80. The zero-order chi connectivity index (χ0) is 22.1. The van der Waals surface area contributed by atoms with E-state index in [1.165, 1.54) is 5.56 Å². The third-order valence-corrected chi connectivity index (χ3v) is 5.38. The summed E-state index contributed by atoms with van der Waals surface area (Å²) < 4.78 is 0. The summed E-state index contributed by atoms with van der Waals surface area (Å²) in [6, 6.07) is 13.3. The molecule has 5 heteroatoms. The topological polar surface area (TPSA) is 52.6 Å². The Morgan fingerprint density at radius 1 is 0.900 bits per heavy atom. The molecule has 0 saturated carbocycles. The van der Waals surface area contributed by atoms with Crippen LogP contribution in [0.15, 0.2) is 42.5 Å². The van der Waals surface area contributed by atoms with Crippen molar-refractivity contribution in [1.82, 2.24) is 9.80 Å². The summed E-state index contributed by atoms with van der Waals surface area (Å²) in [6.45, 7) is 13.8.